The number of carbonyl (C=O) groups is 2. The number of nitrogens with one attached hydrogen (secondary N) is 1. The van der Waals surface area contributed by atoms with E-state index in [1.807, 2.05) is 6.92 Å². The molecular weight excluding hydrogens is 284 g/mol. The summed E-state index contributed by atoms with van der Waals surface area (Å²) in [6, 6.07) is 4.49. The Balaban J connectivity index is 2.75. The molecule has 1 rings (SSSR count). The molecule has 7 heteroatoms. The summed E-state index contributed by atoms with van der Waals surface area (Å²) in [5.74, 6) is -1.77. The smallest absolute Gasteiger partial charge is 0.326 e. The molecule has 1 atom stereocenters. The van der Waals surface area contributed by atoms with Crippen molar-refractivity contribution in [3.8, 4) is 5.75 Å². The second kappa shape index (κ2) is 8.18. The Labute approximate surface area is 120 Å². The van der Waals surface area contributed by atoms with Crippen molar-refractivity contribution in [2.24, 2.45) is 0 Å². The van der Waals surface area contributed by atoms with Gasteiger partial charge in [-0.2, -0.15) is 0 Å². The molecule has 0 spiro atoms. The molecule has 0 bridgehead atoms. The third-order valence-electron chi connectivity index (χ3n) is 2.59. The number of benzene rings is 1. The first kappa shape index (κ1) is 16.9. The minimum Gasteiger partial charge on any atom is -0.494 e. The van der Waals surface area contributed by atoms with Gasteiger partial charge in [-0.05, 0) is 24.6 Å². The van der Waals surface area contributed by atoms with Gasteiger partial charge >= 0.3 is 5.97 Å². The zero-order valence-electron chi connectivity index (χ0n) is 11.5. The monoisotopic (exact) mass is 301 g/mol. The molecule has 1 aromatic rings. The van der Waals surface area contributed by atoms with Crippen molar-refractivity contribution in [2.45, 2.75) is 32.2 Å². The molecule has 0 fully saturated rings. The van der Waals surface area contributed by atoms with Gasteiger partial charge in [0.05, 0.1) is 6.61 Å². The average Bonchev–Trinajstić information content (AvgIpc) is 2.44. The molecular formula is C14H17F2NO4. The molecule has 0 radical (unpaired) electrons. The Morgan fingerprint density at radius 3 is 2.67 bits per heavy atom. The van der Waals surface area contributed by atoms with E-state index in [-0.39, 0.29) is 5.56 Å². The van der Waals surface area contributed by atoms with Gasteiger partial charge in [0.2, 0.25) is 6.43 Å². The largest absolute Gasteiger partial charge is 0.494 e. The van der Waals surface area contributed by atoms with Crippen molar-refractivity contribution in [3.63, 3.8) is 0 Å². The van der Waals surface area contributed by atoms with E-state index in [0.717, 1.165) is 6.42 Å². The fraction of sp³-hybridized carbons (Fsp3) is 0.429. The molecule has 0 aliphatic rings. The number of amides is 1. The molecule has 0 aromatic heterocycles. The van der Waals surface area contributed by atoms with Crippen LogP contribution < -0.4 is 10.1 Å². The zero-order valence-corrected chi connectivity index (χ0v) is 11.5. The van der Waals surface area contributed by atoms with E-state index in [0.29, 0.717) is 12.4 Å². The lowest BCUT2D eigenvalue weighted by atomic mass is 10.1. The van der Waals surface area contributed by atoms with E-state index in [1.165, 1.54) is 12.1 Å². The number of aliphatic carboxylic acids is 1. The molecule has 2 N–H and O–H groups in total. The summed E-state index contributed by atoms with van der Waals surface area (Å²) in [7, 11) is 0. The molecule has 0 aliphatic heterocycles. The summed E-state index contributed by atoms with van der Waals surface area (Å²) in [5.41, 5.74) is 0.157. The maximum Gasteiger partial charge on any atom is 0.326 e. The Hall–Kier alpha value is -2.18. The Morgan fingerprint density at radius 1 is 1.38 bits per heavy atom. The Kier molecular flexibility index (Phi) is 6.58. The van der Waals surface area contributed by atoms with Crippen LogP contribution >= 0.6 is 0 Å². The second-order valence-electron chi connectivity index (χ2n) is 4.37. The van der Waals surface area contributed by atoms with Crippen molar-refractivity contribution in [1.82, 2.24) is 5.32 Å². The predicted molar refractivity (Wildman–Crippen MR) is 71.7 cm³/mol. The van der Waals surface area contributed by atoms with E-state index < -0.39 is 30.8 Å². The molecule has 1 unspecified atom stereocenters. The fourth-order valence-corrected chi connectivity index (χ4v) is 1.59. The predicted octanol–water partition coefficient (Wildman–Crippen LogP) is 2.31. The lowest BCUT2D eigenvalue weighted by molar-refractivity contribution is -0.140. The molecule has 1 aromatic carbocycles. The van der Waals surface area contributed by atoms with E-state index in [4.69, 9.17) is 9.84 Å². The topological polar surface area (TPSA) is 75.6 Å². The molecule has 0 aliphatic carbocycles. The number of carboxylic acids is 1. The van der Waals surface area contributed by atoms with Gasteiger partial charge in [-0.25, -0.2) is 13.6 Å². The lowest BCUT2D eigenvalue weighted by Crippen LogP contribution is -2.42. The van der Waals surface area contributed by atoms with E-state index >= 15 is 0 Å². The number of hydrogen-bond acceptors (Lipinski definition) is 3. The SMILES string of the molecule is CCCOc1cccc(C(=O)NC(CC(F)F)C(=O)O)c1. The average molecular weight is 301 g/mol. The van der Waals surface area contributed by atoms with Gasteiger partial charge in [0.15, 0.2) is 0 Å². The van der Waals surface area contributed by atoms with Crippen LogP contribution in [0.5, 0.6) is 5.75 Å². The van der Waals surface area contributed by atoms with E-state index in [1.54, 1.807) is 12.1 Å². The second-order valence-corrected chi connectivity index (χ2v) is 4.37. The minimum atomic E-state index is -2.81. The van der Waals surface area contributed by atoms with Crippen LogP contribution in [0.4, 0.5) is 8.78 Å². The Morgan fingerprint density at radius 2 is 2.10 bits per heavy atom. The number of halogens is 2. The normalized spacial score (nSPS) is 12.0. The van der Waals surface area contributed by atoms with Crippen LogP contribution in [0.3, 0.4) is 0 Å². The first-order valence-electron chi connectivity index (χ1n) is 6.48. The first-order valence-corrected chi connectivity index (χ1v) is 6.48. The van der Waals surface area contributed by atoms with Crippen LogP contribution in [0.25, 0.3) is 0 Å². The van der Waals surface area contributed by atoms with Crippen molar-refractivity contribution < 1.29 is 28.2 Å². The van der Waals surface area contributed by atoms with Crippen LogP contribution in [0.1, 0.15) is 30.1 Å². The van der Waals surface area contributed by atoms with Crippen LogP contribution in [0.15, 0.2) is 24.3 Å². The van der Waals surface area contributed by atoms with Gasteiger partial charge in [-0.1, -0.05) is 13.0 Å². The van der Waals surface area contributed by atoms with Gasteiger partial charge in [-0.3, -0.25) is 4.79 Å². The highest BCUT2D eigenvalue weighted by atomic mass is 19.3. The molecule has 0 saturated heterocycles. The summed E-state index contributed by atoms with van der Waals surface area (Å²) >= 11 is 0. The minimum absolute atomic E-state index is 0.157. The van der Waals surface area contributed by atoms with Crippen LogP contribution in [0.2, 0.25) is 0 Å². The van der Waals surface area contributed by atoms with Crippen molar-refractivity contribution in [2.75, 3.05) is 6.61 Å². The number of carbonyl (C=O) groups excluding carboxylic acids is 1. The van der Waals surface area contributed by atoms with Gasteiger partial charge < -0.3 is 15.2 Å². The van der Waals surface area contributed by atoms with E-state index in [2.05, 4.69) is 5.32 Å². The quantitative estimate of drug-likeness (QED) is 0.772. The maximum atomic E-state index is 12.3. The van der Waals surface area contributed by atoms with Crippen LogP contribution in [-0.2, 0) is 4.79 Å². The number of carboxylic acid groups (broad SMARTS) is 1. The molecule has 0 saturated carbocycles. The molecule has 5 nitrogen and oxygen atoms in total. The summed E-state index contributed by atoms with van der Waals surface area (Å²) in [6.45, 7) is 2.41. The van der Waals surface area contributed by atoms with E-state index in [9.17, 15) is 18.4 Å². The zero-order chi connectivity index (χ0) is 15.8. The summed E-state index contributed by atoms with van der Waals surface area (Å²) in [5, 5.41) is 10.9. The van der Waals surface area contributed by atoms with Crippen LogP contribution in [-0.4, -0.2) is 36.1 Å². The first-order chi connectivity index (χ1) is 9.93. The van der Waals surface area contributed by atoms with Gasteiger partial charge in [0.25, 0.3) is 5.91 Å². The fourth-order valence-electron chi connectivity index (χ4n) is 1.59. The highest BCUT2D eigenvalue weighted by Crippen LogP contribution is 2.14. The Bertz CT molecular complexity index is 494. The highest BCUT2D eigenvalue weighted by molar-refractivity contribution is 5.96. The molecule has 0 heterocycles. The summed E-state index contributed by atoms with van der Waals surface area (Å²) in [4.78, 5) is 22.7. The molecule has 21 heavy (non-hydrogen) atoms. The number of ether oxygens (including phenoxy) is 1. The molecule has 116 valence electrons. The lowest BCUT2D eigenvalue weighted by Gasteiger charge is -2.14. The third-order valence-corrected chi connectivity index (χ3v) is 2.59. The van der Waals surface area contributed by atoms with Crippen molar-refractivity contribution in [3.05, 3.63) is 29.8 Å². The number of alkyl halides is 2. The number of hydrogen-bond donors (Lipinski definition) is 2. The van der Waals surface area contributed by atoms with Gasteiger partial charge in [-0.15, -0.1) is 0 Å². The van der Waals surface area contributed by atoms with Crippen molar-refractivity contribution >= 4 is 11.9 Å². The van der Waals surface area contributed by atoms with Crippen LogP contribution in [0, 0.1) is 0 Å². The van der Waals surface area contributed by atoms with Gasteiger partial charge in [0.1, 0.15) is 11.8 Å². The molecule has 1 amide bonds. The standard InChI is InChI=1S/C14H17F2NO4/c1-2-6-21-10-5-3-4-9(7-10)13(18)17-11(14(19)20)8-12(15)16/h3-5,7,11-12H,2,6,8H2,1H3,(H,17,18)(H,19,20). The maximum absolute atomic E-state index is 12.3. The summed E-state index contributed by atoms with van der Waals surface area (Å²) < 4.78 is 29.9. The van der Waals surface area contributed by atoms with Gasteiger partial charge in [0, 0.05) is 12.0 Å². The number of rotatable bonds is 8. The van der Waals surface area contributed by atoms with Crippen molar-refractivity contribution in [1.29, 1.82) is 0 Å². The highest BCUT2D eigenvalue weighted by Gasteiger charge is 2.24. The summed E-state index contributed by atoms with van der Waals surface area (Å²) in [6.07, 6.45) is -2.95. The third kappa shape index (κ3) is 5.76.